The van der Waals surface area contributed by atoms with Crippen LogP contribution in [0.2, 0.25) is 5.02 Å². The summed E-state index contributed by atoms with van der Waals surface area (Å²) in [5, 5.41) is 1.59. The van der Waals surface area contributed by atoms with Crippen LogP contribution >= 0.6 is 11.6 Å². The second-order valence-corrected chi connectivity index (χ2v) is 2.81. The van der Waals surface area contributed by atoms with Crippen molar-refractivity contribution in [3.05, 3.63) is 29.4 Å². The SMILES string of the molecule is Nc1c(Cl)ccc2[nH]ccc12. The third kappa shape index (κ3) is 0.870. The van der Waals surface area contributed by atoms with Crippen molar-refractivity contribution in [2.75, 3.05) is 5.73 Å². The molecule has 0 unspecified atom stereocenters. The smallest absolute Gasteiger partial charge is 0.0643 e. The lowest BCUT2D eigenvalue weighted by Crippen LogP contribution is -1.85. The van der Waals surface area contributed by atoms with Crippen molar-refractivity contribution in [3.8, 4) is 0 Å². The van der Waals surface area contributed by atoms with E-state index in [0.29, 0.717) is 10.7 Å². The standard InChI is InChI=1S/C8H7ClN2/c9-6-1-2-7-5(8(6)10)3-4-11-7/h1-4,11H,10H2. The first-order chi connectivity index (χ1) is 5.29. The van der Waals surface area contributed by atoms with Gasteiger partial charge in [0.05, 0.1) is 10.7 Å². The highest BCUT2D eigenvalue weighted by Crippen LogP contribution is 2.27. The Hall–Kier alpha value is -1.15. The van der Waals surface area contributed by atoms with Crippen LogP contribution in [0.15, 0.2) is 24.4 Å². The number of hydrogen-bond donors (Lipinski definition) is 2. The molecule has 0 aliphatic rings. The lowest BCUT2D eigenvalue weighted by atomic mass is 10.2. The van der Waals surface area contributed by atoms with Gasteiger partial charge in [0.1, 0.15) is 0 Å². The van der Waals surface area contributed by atoms with Gasteiger partial charge in [-0.1, -0.05) is 11.6 Å². The van der Waals surface area contributed by atoms with Crippen LogP contribution in [0.25, 0.3) is 10.9 Å². The molecule has 1 aromatic heterocycles. The van der Waals surface area contributed by atoms with Gasteiger partial charge in [0, 0.05) is 17.1 Å². The quantitative estimate of drug-likeness (QED) is 0.580. The van der Waals surface area contributed by atoms with Gasteiger partial charge in [-0.2, -0.15) is 0 Å². The first kappa shape index (κ1) is 6.55. The van der Waals surface area contributed by atoms with E-state index in [9.17, 15) is 0 Å². The third-order valence-corrected chi connectivity index (χ3v) is 2.05. The topological polar surface area (TPSA) is 41.8 Å². The number of nitrogens with one attached hydrogen (secondary N) is 1. The molecule has 0 radical (unpaired) electrons. The highest BCUT2D eigenvalue weighted by Gasteiger charge is 2.01. The lowest BCUT2D eigenvalue weighted by Gasteiger charge is -1.97. The average Bonchev–Trinajstić information content (AvgIpc) is 2.45. The Kier molecular flexibility index (Phi) is 1.29. The van der Waals surface area contributed by atoms with E-state index in [4.69, 9.17) is 17.3 Å². The molecule has 0 bridgehead atoms. The average molecular weight is 167 g/mol. The monoisotopic (exact) mass is 166 g/mol. The first-order valence-corrected chi connectivity index (χ1v) is 3.68. The van der Waals surface area contributed by atoms with Gasteiger partial charge in [0.25, 0.3) is 0 Å². The maximum absolute atomic E-state index is 5.81. The van der Waals surface area contributed by atoms with Crippen LogP contribution in [-0.2, 0) is 0 Å². The van der Waals surface area contributed by atoms with Gasteiger partial charge in [-0.25, -0.2) is 0 Å². The molecule has 0 aliphatic carbocycles. The minimum Gasteiger partial charge on any atom is -0.397 e. The van der Waals surface area contributed by atoms with E-state index in [1.54, 1.807) is 6.07 Å². The van der Waals surface area contributed by atoms with Crippen molar-refractivity contribution < 1.29 is 0 Å². The maximum Gasteiger partial charge on any atom is 0.0643 e. The molecule has 11 heavy (non-hydrogen) atoms. The minimum absolute atomic E-state index is 0.608. The molecule has 3 heteroatoms. The van der Waals surface area contributed by atoms with Crippen molar-refractivity contribution in [1.29, 1.82) is 0 Å². The summed E-state index contributed by atoms with van der Waals surface area (Å²) in [6.07, 6.45) is 1.84. The summed E-state index contributed by atoms with van der Waals surface area (Å²) in [5.74, 6) is 0. The fraction of sp³-hybridized carbons (Fsp3) is 0. The molecule has 2 rings (SSSR count). The van der Waals surface area contributed by atoms with Gasteiger partial charge in [0.2, 0.25) is 0 Å². The van der Waals surface area contributed by atoms with E-state index < -0.39 is 0 Å². The number of anilines is 1. The zero-order valence-electron chi connectivity index (χ0n) is 5.76. The van der Waals surface area contributed by atoms with Gasteiger partial charge in [-0.3, -0.25) is 0 Å². The van der Waals surface area contributed by atoms with Gasteiger partial charge in [-0.05, 0) is 18.2 Å². The summed E-state index contributed by atoms with van der Waals surface area (Å²) >= 11 is 5.81. The van der Waals surface area contributed by atoms with Crippen molar-refractivity contribution in [3.63, 3.8) is 0 Å². The van der Waals surface area contributed by atoms with E-state index in [0.717, 1.165) is 10.9 Å². The molecule has 0 atom stereocenters. The Balaban J connectivity index is 2.93. The fourth-order valence-corrected chi connectivity index (χ4v) is 1.29. The van der Waals surface area contributed by atoms with Gasteiger partial charge >= 0.3 is 0 Å². The van der Waals surface area contributed by atoms with Crippen molar-refractivity contribution in [2.45, 2.75) is 0 Å². The van der Waals surface area contributed by atoms with E-state index in [1.165, 1.54) is 0 Å². The van der Waals surface area contributed by atoms with Crippen LogP contribution < -0.4 is 5.73 Å². The summed E-state index contributed by atoms with van der Waals surface area (Å²) in [6, 6.07) is 5.61. The van der Waals surface area contributed by atoms with E-state index in [1.807, 2.05) is 18.3 Å². The predicted octanol–water partition coefficient (Wildman–Crippen LogP) is 2.40. The van der Waals surface area contributed by atoms with Crippen LogP contribution in [0.1, 0.15) is 0 Å². The van der Waals surface area contributed by atoms with Crippen LogP contribution in [-0.4, -0.2) is 4.98 Å². The Labute approximate surface area is 69.0 Å². The molecule has 0 aliphatic heterocycles. The number of benzene rings is 1. The van der Waals surface area contributed by atoms with Gasteiger partial charge < -0.3 is 10.7 Å². The number of H-pyrrole nitrogens is 1. The highest BCUT2D eigenvalue weighted by atomic mass is 35.5. The highest BCUT2D eigenvalue weighted by molar-refractivity contribution is 6.34. The summed E-state index contributed by atoms with van der Waals surface area (Å²) in [5.41, 5.74) is 7.37. The summed E-state index contributed by atoms with van der Waals surface area (Å²) < 4.78 is 0. The number of rotatable bonds is 0. The summed E-state index contributed by atoms with van der Waals surface area (Å²) in [6.45, 7) is 0. The van der Waals surface area contributed by atoms with Crippen molar-refractivity contribution >= 4 is 28.2 Å². The van der Waals surface area contributed by atoms with Crippen LogP contribution in [0, 0.1) is 0 Å². The third-order valence-electron chi connectivity index (χ3n) is 1.72. The number of aromatic amines is 1. The van der Waals surface area contributed by atoms with Crippen LogP contribution in [0.4, 0.5) is 5.69 Å². The van der Waals surface area contributed by atoms with Crippen molar-refractivity contribution in [2.24, 2.45) is 0 Å². The molecule has 56 valence electrons. The summed E-state index contributed by atoms with van der Waals surface area (Å²) in [7, 11) is 0. The molecule has 0 amide bonds. The fourth-order valence-electron chi connectivity index (χ4n) is 1.13. The number of halogens is 1. The normalized spacial score (nSPS) is 10.6. The second kappa shape index (κ2) is 2.17. The van der Waals surface area contributed by atoms with E-state index in [2.05, 4.69) is 4.98 Å². The first-order valence-electron chi connectivity index (χ1n) is 3.30. The second-order valence-electron chi connectivity index (χ2n) is 2.40. The zero-order chi connectivity index (χ0) is 7.84. The zero-order valence-corrected chi connectivity index (χ0v) is 6.52. The molecule has 0 fully saturated rings. The molecule has 2 aromatic rings. The Bertz CT molecular complexity index is 392. The molecule has 2 nitrogen and oxygen atoms in total. The van der Waals surface area contributed by atoms with Crippen LogP contribution in [0.3, 0.4) is 0 Å². The Morgan fingerprint density at radius 2 is 2.09 bits per heavy atom. The molecule has 3 N–H and O–H groups in total. The minimum atomic E-state index is 0.608. The molecular weight excluding hydrogens is 160 g/mol. The number of hydrogen-bond acceptors (Lipinski definition) is 1. The van der Waals surface area contributed by atoms with Crippen LogP contribution in [0.5, 0.6) is 0 Å². The van der Waals surface area contributed by atoms with Crippen molar-refractivity contribution in [1.82, 2.24) is 4.98 Å². The number of nitrogens with two attached hydrogens (primary N) is 1. The van der Waals surface area contributed by atoms with E-state index >= 15 is 0 Å². The molecule has 0 saturated carbocycles. The summed E-state index contributed by atoms with van der Waals surface area (Å²) in [4.78, 5) is 3.05. The maximum atomic E-state index is 5.81. The lowest BCUT2D eigenvalue weighted by molar-refractivity contribution is 1.48. The Morgan fingerprint density at radius 1 is 1.27 bits per heavy atom. The number of fused-ring (bicyclic) bond motifs is 1. The molecular formula is C8H7ClN2. The Morgan fingerprint density at radius 3 is 2.91 bits per heavy atom. The number of aromatic nitrogens is 1. The molecule has 0 saturated heterocycles. The molecule has 0 spiro atoms. The molecule has 1 heterocycles. The molecule has 1 aromatic carbocycles. The largest absolute Gasteiger partial charge is 0.397 e. The van der Waals surface area contributed by atoms with Gasteiger partial charge in [0.15, 0.2) is 0 Å². The van der Waals surface area contributed by atoms with E-state index in [-0.39, 0.29) is 0 Å². The number of nitrogen functional groups attached to an aromatic ring is 1. The predicted molar refractivity (Wildman–Crippen MR) is 47.7 cm³/mol. The van der Waals surface area contributed by atoms with Gasteiger partial charge in [-0.15, -0.1) is 0 Å².